The second kappa shape index (κ2) is 4.46. The van der Waals surface area contributed by atoms with E-state index in [4.69, 9.17) is 0 Å². The third-order valence-electron chi connectivity index (χ3n) is 4.07. The first kappa shape index (κ1) is 13.7. The molecule has 1 saturated carbocycles. The lowest BCUT2D eigenvalue weighted by Crippen LogP contribution is -2.47. The summed E-state index contributed by atoms with van der Waals surface area (Å²) in [5, 5.41) is 9.28. The standard InChI is InChI=1S/C13H25NO2/c1-12(2)7-6-10(11(12)16)8-14(5)13(3,4)9-15/h10,15H,6-9H2,1-5H3. The molecule has 94 valence electrons. The first-order valence-corrected chi connectivity index (χ1v) is 6.07. The number of hydrogen-bond acceptors (Lipinski definition) is 3. The zero-order valence-electron chi connectivity index (χ0n) is 11.2. The fraction of sp³-hybridized carbons (Fsp3) is 0.923. The number of likely N-dealkylation sites (N-methyl/N-ethyl adjacent to an activating group) is 1. The van der Waals surface area contributed by atoms with Crippen LogP contribution in [0, 0.1) is 11.3 Å². The summed E-state index contributed by atoms with van der Waals surface area (Å²) in [6.45, 7) is 8.94. The summed E-state index contributed by atoms with van der Waals surface area (Å²) >= 11 is 0. The summed E-state index contributed by atoms with van der Waals surface area (Å²) < 4.78 is 0. The van der Waals surface area contributed by atoms with Gasteiger partial charge in [0.15, 0.2) is 0 Å². The average molecular weight is 227 g/mol. The van der Waals surface area contributed by atoms with Gasteiger partial charge in [-0.05, 0) is 33.7 Å². The Morgan fingerprint density at radius 3 is 2.44 bits per heavy atom. The van der Waals surface area contributed by atoms with Gasteiger partial charge in [-0.1, -0.05) is 13.8 Å². The summed E-state index contributed by atoms with van der Waals surface area (Å²) in [4.78, 5) is 14.2. The highest BCUT2D eigenvalue weighted by Gasteiger charge is 2.41. The lowest BCUT2D eigenvalue weighted by atomic mass is 9.88. The molecule has 0 aliphatic heterocycles. The summed E-state index contributed by atoms with van der Waals surface area (Å²) in [7, 11) is 1.98. The van der Waals surface area contributed by atoms with Crippen LogP contribution in [-0.4, -0.2) is 41.5 Å². The summed E-state index contributed by atoms with van der Waals surface area (Å²) in [5.41, 5.74) is -0.387. The molecule has 0 heterocycles. The Morgan fingerprint density at radius 1 is 1.50 bits per heavy atom. The molecule has 0 spiro atoms. The van der Waals surface area contributed by atoms with E-state index >= 15 is 0 Å². The van der Waals surface area contributed by atoms with Crippen LogP contribution in [0.2, 0.25) is 0 Å². The zero-order valence-corrected chi connectivity index (χ0v) is 11.2. The van der Waals surface area contributed by atoms with Crippen molar-refractivity contribution < 1.29 is 9.90 Å². The van der Waals surface area contributed by atoms with Gasteiger partial charge in [0.25, 0.3) is 0 Å². The van der Waals surface area contributed by atoms with Crippen molar-refractivity contribution in [1.82, 2.24) is 4.90 Å². The number of carbonyl (C=O) groups is 1. The van der Waals surface area contributed by atoms with Crippen LogP contribution >= 0.6 is 0 Å². The number of Topliss-reactive ketones (excluding diaryl/α,β-unsaturated/α-hetero) is 1. The van der Waals surface area contributed by atoms with Gasteiger partial charge in [0.05, 0.1) is 6.61 Å². The van der Waals surface area contributed by atoms with E-state index in [-0.39, 0.29) is 23.5 Å². The van der Waals surface area contributed by atoms with Gasteiger partial charge in [-0.15, -0.1) is 0 Å². The maximum Gasteiger partial charge on any atom is 0.142 e. The van der Waals surface area contributed by atoms with Crippen LogP contribution in [0.1, 0.15) is 40.5 Å². The number of aliphatic hydroxyl groups excluding tert-OH is 1. The molecule has 1 N–H and O–H groups in total. The summed E-state index contributed by atoms with van der Waals surface area (Å²) in [6, 6.07) is 0. The van der Waals surface area contributed by atoms with Crippen molar-refractivity contribution in [2.45, 2.75) is 46.1 Å². The highest BCUT2D eigenvalue weighted by Crippen LogP contribution is 2.38. The molecule has 0 saturated heterocycles. The summed E-state index contributed by atoms with van der Waals surface area (Å²) in [5.74, 6) is 0.527. The fourth-order valence-corrected chi connectivity index (χ4v) is 2.21. The molecule has 1 atom stereocenters. The first-order chi connectivity index (χ1) is 7.20. The molecule has 0 radical (unpaired) electrons. The molecule has 3 nitrogen and oxygen atoms in total. The molecule has 1 fully saturated rings. The van der Waals surface area contributed by atoms with E-state index in [0.717, 1.165) is 19.4 Å². The molecule has 0 aromatic heterocycles. The predicted octanol–water partition coefficient (Wildman–Crippen LogP) is 1.69. The van der Waals surface area contributed by atoms with Gasteiger partial charge in [0, 0.05) is 23.4 Å². The van der Waals surface area contributed by atoms with E-state index in [1.165, 1.54) is 0 Å². The van der Waals surface area contributed by atoms with E-state index in [1.54, 1.807) is 0 Å². The monoisotopic (exact) mass is 227 g/mol. The van der Waals surface area contributed by atoms with Gasteiger partial charge in [0.2, 0.25) is 0 Å². The Hall–Kier alpha value is -0.410. The molecule has 1 aliphatic rings. The Morgan fingerprint density at radius 2 is 2.06 bits per heavy atom. The van der Waals surface area contributed by atoms with Crippen molar-refractivity contribution in [3.63, 3.8) is 0 Å². The van der Waals surface area contributed by atoms with Crippen LogP contribution in [0.3, 0.4) is 0 Å². The Labute approximate surface area is 98.8 Å². The molecular formula is C13H25NO2. The molecule has 0 amide bonds. The first-order valence-electron chi connectivity index (χ1n) is 6.07. The lowest BCUT2D eigenvalue weighted by molar-refractivity contribution is -0.128. The fourth-order valence-electron chi connectivity index (χ4n) is 2.21. The minimum atomic E-state index is -0.243. The van der Waals surface area contributed by atoms with Gasteiger partial charge >= 0.3 is 0 Å². The normalized spacial score (nSPS) is 25.4. The van der Waals surface area contributed by atoms with Crippen molar-refractivity contribution in [2.75, 3.05) is 20.2 Å². The Balaban J connectivity index is 2.60. The highest BCUT2D eigenvalue weighted by molar-refractivity contribution is 5.88. The molecule has 16 heavy (non-hydrogen) atoms. The number of rotatable bonds is 4. The van der Waals surface area contributed by atoms with Gasteiger partial charge in [-0.25, -0.2) is 0 Å². The van der Waals surface area contributed by atoms with Crippen LogP contribution in [0.25, 0.3) is 0 Å². The summed E-state index contributed by atoms with van der Waals surface area (Å²) in [6.07, 6.45) is 1.97. The van der Waals surface area contributed by atoms with Crippen LogP contribution in [0.4, 0.5) is 0 Å². The Kier molecular flexibility index (Phi) is 3.80. The van der Waals surface area contributed by atoms with E-state index in [2.05, 4.69) is 4.90 Å². The minimum absolute atomic E-state index is 0.119. The van der Waals surface area contributed by atoms with Gasteiger partial charge < -0.3 is 5.11 Å². The van der Waals surface area contributed by atoms with Crippen LogP contribution in [0.15, 0.2) is 0 Å². The number of ketones is 1. The maximum atomic E-state index is 12.1. The molecule has 0 aromatic rings. The number of aliphatic hydroxyl groups is 1. The Bertz CT molecular complexity index is 271. The third-order valence-corrected chi connectivity index (χ3v) is 4.07. The molecule has 1 rings (SSSR count). The molecule has 0 bridgehead atoms. The van der Waals surface area contributed by atoms with E-state index < -0.39 is 0 Å². The quantitative estimate of drug-likeness (QED) is 0.794. The molecule has 0 aromatic carbocycles. The number of carbonyl (C=O) groups excluding carboxylic acids is 1. The van der Waals surface area contributed by atoms with Crippen LogP contribution < -0.4 is 0 Å². The van der Waals surface area contributed by atoms with Crippen molar-refractivity contribution in [1.29, 1.82) is 0 Å². The number of nitrogens with zero attached hydrogens (tertiary/aromatic N) is 1. The smallest absolute Gasteiger partial charge is 0.142 e. The largest absolute Gasteiger partial charge is 0.394 e. The van der Waals surface area contributed by atoms with Gasteiger partial charge in [-0.2, -0.15) is 0 Å². The molecule has 3 heteroatoms. The SMILES string of the molecule is CN(CC1CCC(C)(C)C1=O)C(C)(C)CO. The van der Waals surface area contributed by atoms with E-state index in [1.807, 2.05) is 34.7 Å². The van der Waals surface area contributed by atoms with E-state index in [0.29, 0.717) is 5.78 Å². The van der Waals surface area contributed by atoms with Crippen molar-refractivity contribution in [3.05, 3.63) is 0 Å². The van der Waals surface area contributed by atoms with Crippen molar-refractivity contribution in [3.8, 4) is 0 Å². The van der Waals surface area contributed by atoms with Crippen LogP contribution in [-0.2, 0) is 4.79 Å². The second-order valence-electron chi connectivity index (χ2n) is 6.33. The maximum absolute atomic E-state index is 12.1. The molecular weight excluding hydrogens is 202 g/mol. The van der Waals surface area contributed by atoms with Crippen molar-refractivity contribution >= 4 is 5.78 Å². The minimum Gasteiger partial charge on any atom is -0.394 e. The zero-order chi connectivity index (χ0) is 12.6. The van der Waals surface area contributed by atoms with Crippen molar-refractivity contribution in [2.24, 2.45) is 11.3 Å². The average Bonchev–Trinajstić information content (AvgIpc) is 2.45. The van der Waals surface area contributed by atoms with E-state index in [9.17, 15) is 9.90 Å². The third kappa shape index (κ3) is 2.64. The highest BCUT2D eigenvalue weighted by atomic mass is 16.3. The van der Waals surface area contributed by atoms with Crippen LogP contribution in [0.5, 0.6) is 0 Å². The number of hydrogen-bond donors (Lipinski definition) is 1. The predicted molar refractivity (Wildman–Crippen MR) is 65.3 cm³/mol. The second-order valence-corrected chi connectivity index (χ2v) is 6.33. The lowest BCUT2D eigenvalue weighted by Gasteiger charge is -2.35. The molecule has 1 unspecified atom stereocenters. The molecule has 1 aliphatic carbocycles. The topological polar surface area (TPSA) is 40.5 Å². The van der Waals surface area contributed by atoms with Gasteiger partial charge in [-0.3, -0.25) is 9.69 Å². The van der Waals surface area contributed by atoms with Gasteiger partial charge in [0.1, 0.15) is 5.78 Å².